The third-order valence-electron chi connectivity index (χ3n) is 3.51. The molecule has 0 bridgehead atoms. The van der Waals surface area contributed by atoms with Crippen molar-refractivity contribution in [2.75, 3.05) is 6.54 Å². The Morgan fingerprint density at radius 3 is 2.50 bits per heavy atom. The first-order valence-corrected chi connectivity index (χ1v) is 5.37. The number of halogens is 2. The van der Waals surface area contributed by atoms with Gasteiger partial charge in [-0.2, -0.15) is 8.78 Å². The maximum absolute atomic E-state index is 13.4. The molecule has 0 amide bonds. The van der Waals surface area contributed by atoms with E-state index in [0.29, 0.717) is 0 Å². The topological polar surface area (TPSA) is 60.8 Å². The Balaban J connectivity index is 2.18. The molecule has 2 N–H and O–H groups in total. The maximum Gasteiger partial charge on any atom is 0.377 e. The number of aliphatic carboxylic acids is 1. The Morgan fingerprint density at radius 1 is 1.50 bits per heavy atom. The molecule has 0 aromatic carbocycles. The summed E-state index contributed by atoms with van der Waals surface area (Å²) in [6, 6.07) is 0.0522. The van der Waals surface area contributed by atoms with Gasteiger partial charge in [0.15, 0.2) is 5.60 Å². The third-order valence-corrected chi connectivity index (χ3v) is 3.51. The Kier molecular flexibility index (Phi) is 2.47. The fourth-order valence-electron chi connectivity index (χ4n) is 2.45. The van der Waals surface area contributed by atoms with Crippen molar-refractivity contribution in [3.05, 3.63) is 0 Å². The zero-order valence-corrected chi connectivity index (χ0v) is 8.99. The number of carbonyl (C=O) groups is 1. The zero-order chi connectivity index (χ0) is 12.1. The highest BCUT2D eigenvalue weighted by atomic mass is 19.3. The summed E-state index contributed by atoms with van der Waals surface area (Å²) >= 11 is 0. The summed E-state index contributed by atoms with van der Waals surface area (Å²) in [5.74, 6) is -6.33. The number of hydrogen-bond donors (Lipinski definition) is 2. The molecular formula is C10H15F2NO3. The lowest BCUT2D eigenvalue weighted by Gasteiger charge is -2.29. The summed E-state index contributed by atoms with van der Waals surface area (Å²) in [4.78, 5) is 12.3. The number of hydrogen-bond acceptors (Lipinski definition) is 3. The molecule has 2 rings (SSSR count). The van der Waals surface area contributed by atoms with E-state index in [9.17, 15) is 18.7 Å². The normalized spacial score (nSPS) is 36.6. The van der Waals surface area contributed by atoms with E-state index < -0.39 is 17.5 Å². The van der Waals surface area contributed by atoms with Gasteiger partial charge in [-0.3, -0.25) is 4.90 Å². The van der Waals surface area contributed by atoms with Crippen LogP contribution in [0.3, 0.4) is 0 Å². The molecule has 16 heavy (non-hydrogen) atoms. The summed E-state index contributed by atoms with van der Waals surface area (Å²) in [5, 5.41) is 18.3. The standard InChI is InChI=1S/C10H15F2NO3/c1-6-4-9(16,10(11,12)8(14)15)5-13(6)7-2-3-7/h6-7,16H,2-5H2,1H3,(H,14,15). The van der Waals surface area contributed by atoms with Crippen LogP contribution in [-0.2, 0) is 4.79 Å². The molecule has 1 saturated heterocycles. The molecule has 0 aromatic rings. The molecule has 2 atom stereocenters. The van der Waals surface area contributed by atoms with Gasteiger partial charge in [-0.1, -0.05) is 0 Å². The number of carboxylic acids is 1. The smallest absolute Gasteiger partial charge is 0.377 e. The lowest BCUT2D eigenvalue weighted by molar-refractivity contribution is -0.205. The van der Waals surface area contributed by atoms with E-state index in [4.69, 9.17) is 5.11 Å². The van der Waals surface area contributed by atoms with E-state index in [1.165, 1.54) is 0 Å². The first-order valence-electron chi connectivity index (χ1n) is 5.37. The average molecular weight is 235 g/mol. The number of rotatable bonds is 3. The Hall–Kier alpha value is -0.750. The Labute approximate surface area is 91.9 Å². The van der Waals surface area contributed by atoms with Crippen LogP contribution in [0, 0.1) is 0 Å². The van der Waals surface area contributed by atoms with Gasteiger partial charge >= 0.3 is 11.9 Å². The van der Waals surface area contributed by atoms with Gasteiger partial charge in [0, 0.05) is 18.6 Å². The Morgan fingerprint density at radius 2 is 2.06 bits per heavy atom. The highest BCUT2D eigenvalue weighted by molar-refractivity contribution is 5.77. The predicted molar refractivity (Wildman–Crippen MR) is 51.3 cm³/mol. The highest BCUT2D eigenvalue weighted by Crippen LogP contribution is 2.43. The molecule has 2 unspecified atom stereocenters. The second-order valence-corrected chi connectivity index (χ2v) is 4.87. The predicted octanol–water partition coefficient (Wildman–Crippen LogP) is 0.694. The molecule has 1 saturated carbocycles. The van der Waals surface area contributed by atoms with E-state index in [1.54, 1.807) is 11.8 Å². The molecule has 2 fully saturated rings. The number of aliphatic hydroxyl groups is 1. The molecule has 1 aliphatic carbocycles. The van der Waals surface area contributed by atoms with Gasteiger partial charge in [-0.05, 0) is 26.2 Å². The van der Waals surface area contributed by atoms with Crippen LogP contribution in [0.15, 0.2) is 0 Å². The van der Waals surface area contributed by atoms with Gasteiger partial charge in [0.25, 0.3) is 0 Å². The molecule has 1 heterocycles. The number of likely N-dealkylation sites (tertiary alicyclic amines) is 1. The van der Waals surface area contributed by atoms with Crippen LogP contribution in [-0.4, -0.2) is 51.2 Å². The van der Waals surface area contributed by atoms with Crippen molar-refractivity contribution >= 4 is 5.97 Å². The second-order valence-electron chi connectivity index (χ2n) is 4.87. The summed E-state index contributed by atoms with van der Waals surface area (Å²) < 4.78 is 26.8. The van der Waals surface area contributed by atoms with Gasteiger partial charge in [0.05, 0.1) is 0 Å². The van der Waals surface area contributed by atoms with Crippen molar-refractivity contribution < 1.29 is 23.8 Å². The van der Waals surface area contributed by atoms with Crippen LogP contribution in [0.5, 0.6) is 0 Å². The van der Waals surface area contributed by atoms with Gasteiger partial charge in [0.2, 0.25) is 0 Å². The van der Waals surface area contributed by atoms with Crippen molar-refractivity contribution in [1.29, 1.82) is 0 Å². The number of β-amino-alcohol motifs (C(OH)–C–C–N with tert-alkyl or cyclic N) is 1. The fourth-order valence-corrected chi connectivity index (χ4v) is 2.45. The van der Waals surface area contributed by atoms with Gasteiger partial charge in [-0.25, -0.2) is 4.79 Å². The molecule has 6 heteroatoms. The first-order chi connectivity index (χ1) is 7.28. The molecule has 92 valence electrons. The molecule has 4 nitrogen and oxygen atoms in total. The van der Waals surface area contributed by atoms with Crippen LogP contribution in [0.2, 0.25) is 0 Å². The summed E-state index contributed by atoms with van der Waals surface area (Å²) in [6.45, 7) is 1.49. The minimum absolute atomic E-state index is 0.192. The Bertz CT molecular complexity index is 319. The van der Waals surface area contributed by atoms with Crippen LogP contribution < -0.4 is 0 Å². The van der Waals surface area contributed by atoms with Gasteiger partial charge < -0.3 is 10.2 Å². The first kappa shape index (κ1) is 11.7. The lowest BCUT2D eigenvalue weighted by atomic mass is 9.93. The fraction of sp³-hybridized carbons (Fsp3) is 0.900. The molecule has 2 aliphatic rings. The molecule has 0 radical (unpaired) electrons. The van der Waals surface area contributed by atoms with E-state index >= 15 is 0 Å². The van der Waals surface area contributed by atoms with Crippen molar-refractivity contribution in [3.63, 3.8) is 0 Å². The minimum Gasteiger partial charge on any atom is -0.477 e. The summed E-state index contributed by atoms with van der Waals surface area (Å²) in [6.07, 6.45) is 1.70. The quantitative estimate of drug-likeness (QED) is 0.755. The van der Waals surface area contributed by atoms with Crippen LogP contribution in [0.1, 0.15) is 26.2 Å². The van der Waals surface area contributed by atoms with E-state index in [1.807, 2.05) is 0 Å². The molecule has 0 aromatic heterocycles. The van der Waals surface area contributed by atoms with Crippen molar-refractivity contribution in [2.24, 2.45) is 0 Å². The number of carboxylic acid groups (broad SMARTS) is 1. The molecule has 0 spiro atoms. The highest BCUT2D eigenvalue weighted by Gasteiger charge is 2.63. The van der Waals surface area contributed by atoms with Crippen LogP contribution in [0.4, 0.5) is 8.78 Å². The SMILES string of the molecule is CC1CC(O)(C(F)(F)C(=O)O)CN1C1CC1. The lowest BCUT2D eigenvalue weighted by Crippen LogP contribution is -2.55. The van der Waals surface area contributed by atoms with Crippen LogP contribution >= 0.6 is 0 Å². The largest absolute Gasteiger partial charge is 0.477 e. The summed E-state index contributed by atoms with van der Waals surface area (Å²) in [5.41, 5.74) is -2.43. The van der Waals surface area contributed by atoms with E-state index in [-0.39, 0.29) is 25.0 Å². The monoisotopic (exact) mass is 235 g/mol. The third kappa shape index (κ3) is 1.60. The van der Waals surface area contributed by atoms with Gasteiger partial charge in [-0.15, -0.1) is 0 Å². The average Bonchev–Trinajstić information content (AvgIpc) is 2.93. The second kappa shape index (κ2) is 3.37. The maximum atomic E-state index is 13.4. The van der Waals surface area contributed by atoms with E-state index in [2.05, 4.69) is 0 Å². The van der Waals surface area contributed by atoms with Gasteiger partial charge in [0.1, 0.15) is 0 Å². The minimum atomic E-state index is -4.08. The van der Waals surface area contributed by atoms with Crippen molar-refractivity contribution in [2.45, 2.75) is 49.8 Å². The number of nitrogens with zero attached hydrogens (tertiary/aromatic N) is 1. The van der Waals surface area contributed by atoms with Crippen molar-refractivity contribution in [3.8, 4) is 0 Å². The van der Waals surface area contributed by atoms with E-state index in [0.717, 1.165) is 12.8 Å². The van der Waals surface area contributed by atoms with Crippen molar-refractivity contribution in [1.82, 2.24) is 4.90 Å². The molecule has 1 aliphatic heterocycles. The van der Waals surface area contributed by atoms with Crippen LogP contribution in [0.25, 0.3) is 0 Å². The summed E-state index contributed by atoms with van der Waals surface area (Å²) in [7, 11) is 0. The molecular weight excluding hydrogens is 220 g/mol. The number of alkyl halides is 2. The zero-order valence-electron chi connectivity index (χ0n) is 8.99.